The Morgan fingerprint density at radius 2 is 2.04 bits per heavy atom. The average Bonchev–Trinajstić information content (AvgIpc) is 2.98. The molecule has 1 aliphatic rings. The predicted molar refractivity (Wildman–Crippen MR) is 107 cm³/mol. The Hall–Kier alpha value is -2.40. The van der Waals surface area contributed by atoms with Crippen LogP contribution in [0.1, 0.15) is 29.0 Å². The Labute approximate surface area is 157 Å². The van der Waals surface area contributed by atoms with Gasteiger partial charge in [-0.2, -0.15) is 0 Å². The van der Waals surface area contributed by atoms with E-state index in [0.29, 0.717) is 6.61 Å². The molecule has 4 rings (SSSR count). The van der Waals surface area contributed by atoms with E-state index >= 15 is 0 Å². The van der Waals surface area contributed by atoms with Crippen LogP contribution in [0.2, 0.25) is 0 Å². The minimum atomic E-state index is -0.320. The highest BCUT2D eigenvalue weighted by Gasteiger charge is 2.32. The number of ether oxygens (including phenoxy) is 1. The lowest BCUT2D eigenvalue weighted by Gasteiger charge is -2.22. The molecule has 2 aromatic carbocycles. The molecule has 0 bridgehead atoms. The number of carbonyl (C=O) groups excluding carboxylic acids is 1. The van der Waals surface area contributed by atoms with Crippen LogP contribution in [0.3, 0.4) is 0 Å². The van der Waals surface area contributed by atoms with Gasteiger partial charge in [-0.1, -0.05) is 36.4 Å². The van der Waals surface area contributed by atoms with Gasteiger partial charge in [0.05, 0.1) is 12.1 Å². The van der Waals surface area contributed by atoms with E-state index in [1.807, 2.05) is 25.1 Å². The molecule has 2 N–H and O–H groups in total. The van der Waals surface area contributed by atoms with Crippen LogP contribution in [0.25, 0.3) is 10.9 Å². The van der Waals surface area contributed by atoms with Crippen molar-refractivity contribution in [1.29, 1.82) is 0 Å². The first-order valence-electron chi connectivity index (χ1n) is 8.92. The summed E-state index contributed by atoms with van der Waals surface area (Å²) < 4.78 is 8.23. The van der Waals surface area contributed by atoms with E-state index in [0.717, 1.165) is 40.9 Å². The van der Waals surface area contributed by atoms with Crippen molar-refractivity contribution >= 4 is 28.6 Å². The highest BCUT2D eigenvalue weighted by atomic mass is 32.2. The summed E-state index contributed by atoms with van der Waals surface area (Å²) in [7, 11) is 0. The summed E-state index contributed by atoms with van der Waals surface area (Å²) in [5.74, 6) is 1.46. The molecule has 134 valence electrons. The number of amides is 1. The smallest absolute Gasteiger partial charge is 0.235 e. The van der Waals surface area contributed by atoms with Crippen LogP contribution < -0.4 is 10.5 Å². The second-order valence-electron chi connectivity index (χ2n) is 6.42. The molecule has 0 radical (unpaired) electrons. The van der Waals surface area contributed by atoms with Gasteiger partial charge in [0.15, 0.2) is 0 Å². The molecule has 0 saturated carbocycles. The maximum absolute atomic E-state index is 12.1. The standard InChI is InChI=1S/C21H22N2O2S/c1-2-25-17-10-6-9-15-18(17)19-16(11-12-26-20(19)21(22)24)23(15)13-14-7-4-3-5-8-14/h3-10,20H,2,11-13H2,1H3,(H2,22,24). The third kappa shape index (κ3) is 2.86. The number of carbonyl (C=O) groups is 1. The Kier molecular flexibility index (Phi) is 4.64. The number of hydrogen-bond acceptors (Lipinski definition) is 3. The van der Waals surface area contributed by atoms with Crippen LogP contribution in [0.15, 0.2) is 48.5 Å². The van der Waals surface area contributed by atoms with Crippen molar-refractivity contribution in [3.05, 3.63) is 65.4 Å². The molecule has 1 amide bonds. The van der Waals surface area contributed by atoms with Gasteiger partial charge in [-0.15, -0.1) is 11.8 Å². The first-order chi connectivity index (χ1) is 12.7. The van der Waals surface area contributed by atoms with E-state index in [4.69, 9.17) is 10.5 Å². The van der Waals surface area contributed by atoms with Crippen LogP contribution in [0.5, 0.6) is 5.75 Å². The molecule has 3 aromatic rings. The summed E-state index contributed by atoms with van der Waals surface area (Å²) in [6.45, 7) is 3.34. The number of rotatable bonds is 5. The van der Waals surface area contributed by atoms with Crippen LogP contribution in [-0.4, -0.2) is 22.8 Å². The molecule has 2 heterocycles. The summed E-state index contributed by atoms with van der Waals surface area (Å²) >= 11 is 1.63. The van der Waals surface area contributed by atoms with Gasteiger partial charge >= 0.3 is 0 Å². The number of fused-ring (bicyclic) bond motifs is 3. The molecule has 1 aromatic heterocycles. The third-order valence-corrected chi connectivity index (χ3v) is 6.07. The normalized spacial score (nSPS) is 16.4. The van der Waals surface area contributed by atoms with E-state index in [-0.39, 0.29) is 11.2 Å². The number of nitrogens with zero attached hydrogens (tertiary/aromatic N) is 1. The van der Waals surface area contributed by atoms with Crippen molar-refractivity contribution < 1.29 is 9.53 Å². The molecule has 0 spiro atoms. The van der Waals surface area contributed by atoms with Crippen molar-refractivity contribution in [3.8, 4) is 5.75 Å². The maximum Gasteiger partial charge on any atom is 0.235 e. The fourth-order valence-electron chi connectivity index (χ4n) is 3.81. The highest BCUT2D eigenvalue weighted by molar-refractivity contribution is 8.00. The number of nitrogens with two attached hydrogens (primary N) is 1. The predicted octanol–water partition coefficient (Wildman–Crippen LogP) is 3.90. The van der Waals surface area contributed by atoms with E-state index in [1.165, 1.54) is 11.3 Å². The van der Waals surface area contributed by atoms with Gasteiger partial charge in [-0.3, -0.25) is 4.79 Å². The zero-order valence-electron chi connectivity index (χ0n) is 14.8. The molecule has 0 saturated heterocycles. The topological polar surface area (TPSA) is 57.2 Å². The van der Waals surface area contributed by atoms with Crippen molar-refractivity contribution in [2.24, 2.45) is 5.73 Å². The average molecular weight is 366 g/mol. The number of hydrogen-bond donors (Lipinski definition) is 1. The fraction of sp³-hybridized carbons (Fsp3) is 0.286. The molecule has 0 fully saturated rings. The number of primary amides is 1. The van der Waals surface area contributed by atoms with E-state index < -0.39 is 0 Å². The van der Waals surface area contributed by atoms with Crippen LogP contribution in [0.4, 0.5) is 0 Å². The van der Waals surface area contributed by atoms with E-state index in [9.17, 15) is 4.79 Å². The van der Waals surface area contributed by atoms with Crippen molar-refractivity contribution in [3.63, 3.8) is 0 Å². The summed E-state index contributed by atoms with van der Waals surface area (Å²) in [4.78, 5) is 12.1. The molecule has 26 heavy (non-hydrogen) atoms. The molecule has 1 unspecified atom stereocenters. The second-order valence-corrected chi connectivity index (χ2v) is 7.63. The first-order valence-corrected chi connectivity index (χ1v) is 9.97. The molecule has 1 atom stereocenters. The SMILES string of the molecule is CCOc1cccc2c1c1c(n2Cc2ccccc2)CCSC1C(N)=O. The van der Waals surface area contributed by atoms with Crippen molar-refractivity contribution in [2.45, 2.75) is 25.1 Å². The summed E-state index contributed by atoms with van der Waals surface area (Å²) in [5, 5.41) is 0.719. The zero-order chi connectivity index (χ0) is 18.1. The Morgan fingerprint density at radius 3 is 2.77 bits per heavy atom. The number of thioether (sulfide) groups is 1. The fourth-order valence-corrected chi connectivity index (χ4v) is 4.94. The molecular weight excluding hydrogens is 344 g/mol. The van der Waals surface area contributed by atoms with Gasteiger partial charge in [0.25, 0.3) is 0 Å². The lowest BCUT2D eigenvalue weighted by Crippen LogP contribution is -2.24. The molecular formula is C21H22N2O2S. The lowest BCUT2D eigenvalue weighted by molar-refractivity contribution is -0.117. The van der Waals surface area contributed by atoms with Gasteiger partial charge in [0, 0.05) is 23.2 Å². The summed E-state index contributed by atoms with van der Waals surface area (Å²) in [6.07, 6.45) is 0.927. The first kappa shape index (κ1) is 17.0. The monoisotopic (exact) mass is 366 g/mol. The van der Waals surface area contributed by atoms with Crippen molar-refractivity contribution in [1.82, 2.24) is 4.57 Å². The van der Waals surface area contributed by atoms with Gasteiger partial charge in [0.2, 0.25) is 5.91 Å². The number of benzene rings is 2. The van der Waals surface area contributed by atoms with Crippen LogP contribution in [-0.2, 0) is 17.8 Å². The van der Waals surface area contributed by atoms with Gasteiger partial charge in [-0.25, -0.2) is 0 Å². The van der Waals surface area contributed by atoms with Gasteiger partial charge in [-0.05, 0) is 36.8 Å². The van der Waals surface area contributed by atoms with E-state index in [2.05, 4.69) is 34.9 Å². The molecule has 5 heteroatoms. The van der Waals surface area contributed by atoms with Crippen LogP contribution >= 0.6 is 11.8 Å². The zero-order valence-corrected chi connectivity index (χ0v) is 15.6. The lowest BCUT2D eigenvalue weighted by atomic mass is 10.0. The largest absolute Gasteiger partial charge is 0.493 e. The maximum atomic E-state index is 12.1. The summed E-state index contributed by atoms with van der Waals surface area (Å²) in [5.41, 5.74) is 10.3. The minimum absolute atomic E-state index is 0.277. The Balaban J connectivity index is 1.97. The van der Waals surface area contributed by atoms with Gasteiger partial charge < -0.3 is 15.0 Å². The third-order valence-electron chi connectivity index (χ3n) is 4.83. The highest BCUT2D eigenvalue weighted by Crippen LogP contribution is 2.45. The molecule has 0 aliphatic carbocycles. The summed E-state index contributed by atoms with van der Waals surface area (Å²) in [6, 6.07) is 16.5. The minimum Gasteiger partial charge on any atom is -0.493 e. The molecule has 1 aliphatic heterocycles. The number of aromatic nitrogens is 1. The van der Waals surface area contributed by atoms with Gasteiger partial charge in [0.1, 0.15) is 11.0 Å². The Morgan fingerprint density at radius 1 is 1.23 bits per heavy atom. The second kappa shape index (κ2) is 7.08. The van der Waals surface area contributed by atoms with Crippen molar-refractivity contribution in [2.75, 3.05) is 12.4 Å². The van der Waals surface area contributed by atoms with E-state index in [1.54, 1.807) is 11.8 Å². The quantitative estimate of drug-likeness (QED) is 0.745. The van der Waals surface area contributed by atoms with Crippen LogP contribution in [0, 0.1) is 0 Å². The Bertz CT molecular complexity index is 950. The molecule has 4 nitrogen and oxygen atoms in total.